The number of hydrogen-bond donors (Lipinski definition) is 0. The lowest BCUT2D eigenvalue weighted by molar-refractivity contribution is 0.414. The minimum absolute atomic E-state index is 0.00213. The van der Waals surface area contributed by atoms with Gasteiger partial charge in [-0.3, -0.25) is 0 Å². The molecule has 2 atom stereocenters. The number of hydrogen-bond acceptors (Lipinski definition) is 1. The molecule has 2 unspecified atom stereocenters. The lowest BCUT2D eigenvalue weighted by Gasteiger charge is -2.06. The molecule has 0 aromatic heterocycles. The summed E-state index contributed by atoms with van der Waals surface area (Å²) in [5.41, 5.74) is 3.02. The van der Waals surface area contributed by atoms with Crippen molar-refractivity contribution in [2.24, 2.45) is 0 Å². The number of ether oxygens (including phenoxy) is 1. The average Bonchev–Trinajstić information content (AvgIpc) is 3.07. The molecule has 116 valence electrons. The van der Waals surface area contributed by atoms with Crippen molar-refractivity contribution in [2.75, 3.05) is 7.11 Å². The van der Waals surface area contributed by atoms with E-state index < -0.39 is 4.33 Å². The van der Waals surface area contributed by atoms with Gasteiger partial charge in [0.25, 0.3) is 0 Å². The highest BCUT2D eigenvalue weighted by molar-refractivity contribution is 6.52. The first-order valence-electron chi connectivity index (χ1n) is 6.83. The van der Waals surface area contributed by atoms with Gasteiger partial charge in [-0.2, -0.15) is 0 Å². The monoisotopic (exact) mass is 374 g/mol. The molecule has 1 aliphatic carbocycles. The summed E-state index contributed by atoms with van der Waals surface area (Å²) in [7, 11) is 1.64. The highest BCUT2D eigenvalue weighted by atomic mass is 35.5. The topological polar surface area (TPSA) is 9.23 Å². The van der Waals surface area contributed by atoms with E-state index in [0.717, 1.165) is 22.4 Å². The first-order chi connectivity index (χ1) is 10.4. The van der Waals surface area contributed by atoms with E-state index in [0.29, 0.717) is 10.0 Å². The Labute approximate surface area is 150 Å². The van der Waals surface area contributed by atoms with Crippen molar-refractivity contribution >= 4 is 46.4 Å². The van der Waals surface area contributed by atoms with Gasteiger partial charge in [0, 0.05) is 11.8 Å². The van der Waals surface area contributed by atoms with Gasteiger partial charge in [0.05, 0.1) is 17.2 Å². The zero-order valence-corrected chi connectivity index (χ0v) is 15.1. The van der Waals surface area contributed by atoms with Gasteiger partial charge in [0.15, 0.2) is 0 Å². The maximum Gasteiger partial charge on any atom is 0.133 e. The second-order valence-electron chi connectivity index (χ2n) is 5.54. The molecule has 22 heavy (non-hydrogen) atoms. The number of aryl methyl sites for hydroxylation is 1. The fourth-order valence-corrected chi connectivity index (χ4v) is 4.17. The van der Waals surface area contributed by atoms with Crippen molar-refractivity contribution in [1.82, 2.24) is 0 Å². The molecule has 0 aliphatic heterocycles. The van der Waals surface area contributed by atoms with Crippen molar-refractivity contribution in [1.29, 1.82) is 0 Å². The van der Waals surface area contributed by atoms with Crippen LogP contribution in [0.4, 0.5) is 0 Å². The zero-order valence-electron chi connectivity index (χ0n) is 12.0. The fraction of sp³-hybridized carbons (Fsp3) is 0.294. The molecule has 3 rings (SSSR count). The number of halogens is 4. The van der Waals surface area contributed by atoms with E-state index in [4.69, 9.17) is 51.1 Å². The van der Waals surface area contributed by atoms with Crippen molar-refractivity contribution < 1.29 is 4.74 Å². The van der Waals surface area contributed by atoms with Crippen molar-refractivity contribution in [3.63, 3.8) is 0 Å². The van der Waals surface area contributed by atoms with Gasteiger partial charge < -0.3 is 4.74 Å². The first-order valence-corrected chi connectivity index (χ1v) is 8.34. The van der Waals surface area contributed by atoms with E-state index in [9.17, 15) is 0 Å². The van der Waals surface area contributed by atoms with E-state index in [-0.39, 0.29) is 11.8 Å². The van der Waals surface area contributed by atoms with Gasteiger partial charge in [-0.05, 0) is 41.8 Å². The van der Waals surface area contributed by atoms with Gasteiger partial charge in [-0.15, -0.1) is 23.2 Å². The Kier molecular flexibility index (Phi) is 4.28. The summed E-state index contributed by atoms with van der Waals surface area (Å²) >= 11 is 25.3. The summed E-state index contributed by atoms with van der Waals surface area (Å²) in [6.45, 7) is 1.92. The lowest BCUT2D eigenvalue weighted by Crippen LogP contribution is -1.92. The smallest absolute Gasteiger partial charge is 0.133 e. The van der Waals surface area contributed by atoms with Crippen LogP contribution in [0.15, 0.2) is 36.4 Å². The van der Waals surface area contributed by atoms with Crippen molar-refractivity contribution in [3.8, 4) is 5.75 Å². The van der Waals surface area contributed by atoms with Crippen LogP contribution in [0.2, 0.25) is 10.0 Å². The first kappa shape index (κ1) is 16.3. The molecule has 1 saturated carbocycles. The second kappa shape index (κ2) is 5.79. The largest absolute Gasteiger partial charge is 0.497 e. The Morgan fingerprint density at radius 1 is 0.955 bits per heavy atom. The molecule has 1 fully saturated rings. The van der Waals surface area contributed by atoms with Gasteiger partial charge in [0.1, 0.15) is 10.1 Å². The molecule has 0 bridgehead atoms. The Morgan fingerprint density at radius 2 is 1.55 bits per heavy atom. The van der Waals surface area contributed by atoms with Gasteiger partial charge >= 0.3 is 0 Å². The molecule has 2 aromatic rings. The van der Waals surface area contributed by atoms with Gasteiger partial charge in [-0.25, -0.2) is 0 Å². The molecule has 0 saturated heterocycles. The zero-order chi connectivity index (χ0) is 16.1. The third kappa shape index (κ3) is 2.69. The number of alkyl halides is 2. The predicted molar refractivity (Wildman–Crippen MR) is 94.1 cm³/mol. The Hall–Kier alpha value is -0.600. The second-order valence-corrected chi connectivity index (χ2v) is 7.77. The van der Waals surface area contributed by atoms with Crippen LogP contribution in [0.1, 0.15) is 28.5 Å². The molecule has 0 radical (unpaired) electrons. The molecule has 2 aromatic carbocycles. The third-order valence-electron chi connectivity index (χ3n) is 4.12. The van der Waals surface area contributed by atoms with Crippen LogP contribution >= 0.6 is 46.4 Å². The van der Waals surface area contributed by atoms with Crippen LogP contribution in [0.25, 0.3) is 0 Å². The molecule has 0 amide bonds. The molecule has 1 nitrogen and oxygen atoms in total. The molecule has 0 spiro atoms. The molecular weight excluding hydrogens is 362 g/mol. The number of benzene rings is 2. The summed E-state index contributed by atoms with van der Waals surface area (Å²) in [4.78, 5) is 0. The summed E-state index contributed by atoms with van der Waals surface area (Å²) in [5.74, 6) is 0.831. The molecule has 1 aliphatic rings. The maximum atomic E-state index is 6.52. The van der Waals surface area contributed by atoms with E-state index in [2.05, 4.69) is 0 Å². The van der Waals surface area contributed by atoms with Gasteiger partial charge in [0.2, 0.25) is 0 Å². The normalized spacial score (nSPS) is 22.5. The average molecular weight is 376 g/mol. The Balaban J connectivity index is 1.95. The van der Waals surface area contributed by atoms with E-state index in [1.54, 1.807) is 7.11 Å². The Morgan fingerprint density at radius 3 is 2.09 bits per heavy atom. The summed E-state index contributed by atoms with van der Waals surface area (Å²) in [6.07, 6.45) is 0. The van der Waals surface area contributed by atoms with Crippen LogP contribution in [0.3, 0.4) is 0 Å². The van der Waals surface area contributed by atoms with Crippen LogP contribution in [0, 0.1) is 6.92 Å². The van der Waals surface area contributed by atoms with Crippen LogP contribution in [-0.2, 0) is 0 Å². The number of rotatable bonds is 3. The molecule has 5 heteroatoms. The fourth-order valence-electron chi connectivity index (χ4n) is 2.90. The number of methoxy groups -OCH3 is 1. The highest BCUT2D eigenvalue weighted by Gasteiger charge is 2.64. The molecule has 0 heterocycles. The van der Waals surface area contributed by atoms with E-state index in [1.807, 2.05) is 43.3 Å². The summed E-state index contributed by atoms with van der Waals surface area (Å²) in [6, 6.07) is 11.7. The quantitative estimate of drug-likeness (QED) is 0.566. The summed E-state index contributed by atoms with van der Waals surface area (Å²) in [5, 5.41) is 1.10. The van der Waals surface area contributed by atoms with Crippen molar-refractivity contribution in [3.05, 3.63) is 63.1 Å². The third-order valence-corrected chi connectivity index (χ3v) is 5.96. The van der Waals surface area contributed by atoms with Crippen molar-refractivity contribution in [2.45, 2.75) is 23.1 Å². The standard InChI is InChI=1S/C17H14Cl4O/c1-9-7-11(8-13(18)16(9)19)15-14(17(15,20)21)10-3-5-12(22-2)6-4-10/h3-8,14-15H,1-2H3. The van der Waals surface area contributed by atoms with Crippen LogP contribution in [-0.4, -0.2) is 11.4 Å². The van der Waals surface area contributed by atoms with Crippen LogP contribution < -0.4 is 4.74 Å². The summed E-state index contributed by atoms with van der Waals surface area (Å²) < 4.78 is 4.34. The molecule has 0 N–H and O–H groups in total. The van der Waals surface area contributed by atoms with Crippen LogP contribution in [0.5, 0.6) is 5.75 Å². The Bertz CT molecular complexity index is 686. The lowest BCUT2D eigenvalue weighted by atomic mass is 10.0. The minimum Gasteiger partial charge on any atom is -0.497 e. The van der Waals surface area contributed by atoms with E-state index in [1.165, 1.54) is 0 Å². The highest BCUT2D eigenvalue weighted by Crippen LogP contribution is 2.70. The van der Waals surface area contributed by atoms with Gasteiger partial charge in [-0.1, -0.05) is 41.4 Å². The SMILES string of the molecule is COc1ccc(C2C(c3cc(C)c(Cl)c(Cl)c3)C2(Cl)Cl)cc1. The predicted octanol–water partition coefficient (Wildman–Crippen LogP) is 6.37. The molecular formula is C17H14Cl4O. The maximum absolute atomic E-state index is 6.52. The van der Waals surface area contributed by atoms with E-state index >= 15 is 0 Å². The minimum atomic E-state index is -0.835.